The number of phenols is 1. The predicted octanol–water partition coefficient (Wildman–Crippen LogP) is 0.741. The van der Waals surface area contributed by atoms with Gasteiger partial charge >= 0.3 is 0 Å². The lowest BCUT2D eigenvalue weighted by atomic mass is 10.2. The van der Waals surface area contributed by atoms with Gasteiger partial charge in [0.25, 0.3) is 5.91 Å². The maximum absolute atomic E-state index is 11.6. The van der Waals surface area contributed by atoms with E-state index >= 15 is 0 Å². The monoisotopic (exact) mass is 225 g/mol. The molecule has 88 valence electrons. The number of amides is 1. The van der Waals surface area contributed by atoms with Crippen molar-refractivity contribution in [3.63, 3.8) is 0 Å². The standard InChI is InChI=1S/C11H15NO4/c1-15-10(16-2)7-12-11(14)8-3-5-9(13)6-4-8/h3-6,10,13H,7H2,1-2H3,(H,12,14). The summed E-state index contributed by atoms with van der Waals surface area (Å²) in [6, 6.07) is 6.00. The van der Waals surface area contributed by atoms with Crippen molar-refractivity contribution in [3.8, 4) is 5.75 Å². The molecule has 1 aromatic carbocycles. The minimum Gasteiger partial charge on any atom is -0.508 e. The molecule has 16 heavy (non-hydrogen) atoms. The molecule has 0 fully saturated rings. The van der Waals surface area contributed by atoms with Crippen molar-refractivity contribution in [2.45, 2.75) is 6.29 Å². The first kappa shape index (κ1) is 12.5. The molecule has 0 bridgehead atoms. The summed E-state index contributed by atoms with van der Waals surface area (Å²) in [5.41, 5.74) is 0.476. The van der Waals surface area contributed by atoms with Gasteiger partial charge < -0.3 is 19.9 Å². The van der Waals surface area contributed by atoms with Crippen molar-refractivity contribution < 1.29 is 19.4 Å². The summed E-state index contributed by atoms with van der Waals surface area (Å²) < 4.78 is 9.86. The van der Waals surface area contributed by atoms with Crippen molar-refractivity contribution in [2.24, 2.45) is 0 Å². The number of methoxy groups -OCH3 is 2. The molecule has 2 N–H and O–H groups in total. The average molecular weight is 225 g/mol. The van der Waals surface area contributed by atoms with Gasteiger partial charge in [0, 0.05) is 19.8 Å². The fourth-order valence-corrected chi connectivity index (χ4v) is 1.15. The van der Waals surface area contributed by atoms with Gasteiger partial charge in [-0.1, -0.05) is 0 Å². The fourth-order valence-electron chi connectivity index (χ4n) is 1.15. The molecule has 5 nitrogen and oxygen atoms in total. The SMILES string of the molecule is COC(CNC(=O)c1ccc(O)cc1)OC. The number of aromatic hydroxyl groups is 1. The highest BCUT2D eigenvalue weighted by molar-refractivity contribution is 5.94. The minimum atomic E-state index is -0.457. The van der Waals surface area contributed by atoms with E-state index in [1.165, 1.54) is 26.4 Å². The van der Waals surface area contributed by atoms with Gasteiger partial charge in [-0.25, -0.2) is 0 Å². The molecule has 5 heteroatoms. The van der Waals surface area contributed by atoms with Gasteiger partial charge in [0.1, 0.15) is 5.75 Å². The minimum absolute atomic E-state index is 0.128. The molecule has 0 spiro atoms. The van der Waals surface area contributed by atoms with Crippen LogP contribution in [0.2, 0.25) is 0 Å². The van der Waals surface area contributed by atoms with E-state index in [9.17, 15) is 4.79 Å². The Labute approximate surface area is 94.0 Å². The molecule has 1 rings (SSSR count). The summed E-state index contributed by atoms with van der Waals surface area (Å²) in [5.74, 6) is -0.109. The number of nitrogens with one attached hydrogen (secondary N) is 1. The number of carbonyl (C=O) groups excluding carboxylic acids is 1. The smallest absolute Gasteiger partial charge is 0.251 e. The van der Waals surface area contributed by atoms with E-state index < -0.39 is 6.29 Å². The summed E-state index contributed by atoms with van der Waals surface area (Å²) in [4.78, 5) is 11.6. The van der Waals surface area contributed by atoms with Gasteiger partial charge in [-0.05, 0) is 24.3 Å². The molecule has 0 saturated carbocycles. The van der Waals surface area contributed by atoms with Crippen LogP contribution in [0, 0.1) is 0 Å². The molecule has 0 aliphatic carbocycles. The van der Waals surface area contributed by atoms with E-state index in [0.717, 1.165) is 0 Å². The molecule has 0 unspecified atom stereocenters. The van der Waals surface area contributed by atoms with Gasteiger partial charge in [-0.15, -0.1) is 0 Å². The Morgan fingerprint density at radius 3 is 2.38 bits per heavy atom. The summed E-state index contributed by atoms with van der Waals surface area (Å²) in [7, 11) is 3.00. The lowest BCUT2D eigenvalue weighted by Gasteiger charge is -2.13. The second-order valence-electron chi connectivity index (χ2n) is 3.16. The normalized spacial score (nSPS) is 10.4. The zero-order valence-electron chi connectivity index (χ0n) is 9.27. The van der Waals surface area contributed by atoms with Gasteiger partial charge in [0.15, 0.2) is 6.29 Å². The quantitative estimate of drug-likeness (QED) is 0.725. The Bertz CT molecular complexity index is 332. The molecule has 0 saturated heterocycles. The van der Waals surface area contributed by atoms with Crippen molar-refractivity contribution in [1.82, 2.24) is 5.32 Å². The van der Waals surface area contributed by atoms with Crippen LogP contribution in [0.3, 0.4) is 0 Å². The number of benzene rings is 1. The first-order valence-electron chi connectivity index (χ1n) is 4.80. The molecule has 1 aromatic rings. The van der Waals surface area contributed by atoms with Gasteiger partial charge in [0.2, 0.25) is 0 Å². The van der Waals surface area contributed by atoms with Crippen molar-refractivity contribution in [2.75, 3.05) is 20.8 Å². The van der Waals surface area contributed by atoms with E-state index in [0.29, 0.717) is 5.56 Å². The molecule has 0 atom stereocenters. The van der Waals surface area contributed by atoms with Crippen LogP contribution in [0.4, 0.5) is 0 Å². The number of hydrogen-bond acceptors (Lipinski definition) is 4. The van der Waals surface area contributed by atoms with E-state index in [1.54, 1.807) is 12.1 Å². The third-order valence-electron chi connectivity index (χ3n) is 2.08. The van der Waals surface area contributed by atoms with E-state index in [2.05, 4.69) is 5.32 Å². The lowest BCUT2D eigenvalue weighted by molar-refractivity contribution is -0.0974. The topological polar surface area (TPSA) is 67.8 Å². The zero-order chi connectivity index (χ0) is 12.0. The molecule has 1 amide bonds. The summed E-state index contributed by atoms with van der Waals surface area (Å²) in [6.45, 7) is 0.271. The second kappa shape index (κ2) is 6.09. The molecule has 0 aliphatic rings. The van der Waals surface area contributed by atoms with Crippen molar-refractivity contribution in [3.05, 3.63) is 29.8 Å². The van der Waals surface area contributed by atoms with Gasteiger partial charge in [0.05, 0.1) is 6.54 Å². The number of phenolic OH excluding ortho intramolecular Hbond substituents is 1. The largest absolute Gasteiger partial charge is 0.508 e. The van der Waals surface area contributed by atoms with Crippen LogP contribution in [-0.2, 0) is 9.47 Å². The average Bonchev–Trinajstić information content (AvgIpc) is 2.31. The maximum atomic E-state index is 11.6. The van der Waals surface area contributed by atoms with Crippen LogP contribution < -0.4 is 5.32 Å². The zero-order valence-corrected chi connectivity index (χ0v) is 9.27. The highest BCUT2D eigenvalue weighted by Crippen LogP contribution is 2.09. The second-order valence-corrected chi connectivity index (χ2v) is 3.16. The van der Waals surface area contributed by atoms with Gasteiger partial charge in [-0.2, -0.15) is 0 Å². The highest BCUT2D eigenvalue weighted by atomic mass is 16.7. The van der Waals surface area contributed by atoms with Crippen molar-refractivity contribution in [1.29, 1.82) is 0 Å². The van der Waals surface area contributed by atoms with E-state index in [-0.39, 0.29) is 18.2 Å². The molecular weight excluding hydrogens is 210 g/mol. The third-order valence-corrected chi connectivity index (χ3v) is 2.08. The number of carbonyl (C=O) groups is 1. The van der Waals surface area contributed by atoms with Crippen LogP contribution in [0.25, 0.3) is 0 Å². The summed E-state index contributed by atoms with van der Waals surface area (Å²) in [6.07, 6.45) is -0.457. The molecule has 0 aliphatic heterocycles. The predicted molar refractivity (Wildman–Crippen MR) is 58.2 cm³/mol. The van der Waals surface area contributed by atoms with Crippen LogP contribution in [-0.4, -0.2) is 38.1 Å². The summed E-state index contributed by atoms with van der Waals surface area (Å²) in [5, 5.41) is 11.7. The third kappa shape index (κ3) is 3.52. The van der Waals surface area contributed by atoms with Crippen LogP contribution in [0.5, 0.6) is 5.75 Å². The number of rotatable bonds is 5. The number of hydrogen-bond donors (Lipinski definition) is 2. The van der Waals surface area contributed by atoms with E-state index in [4.69, 9.17) is 14.6 Å². The molecule has 0 aromatic heterocycles. The Kier molecular flexibility index (Phi) is 4.75. The first-order valence-corrected chi connectivity index (χ1v) is 4.80. The maximum Gasteiger partial charge on any atom is 0.251 e. The van der Waals surface area contributed by atoms with E-state index in [1.807, 2.05) is 0 Å². The van der Waals surface area contributed by atoms with Crippen LogP contribution in [0.1, 0.15) is 10.4 Å². The summed E-state index contributed by atoms with van der Waals surface area (Å²) >= 11 is 0. The Morgan fingerprint density at radius 2 is 1.88 bits per heavy atom. The lowest BCUT2D eigenvalue weighted by Crippen LogP contribution is -2.34. The molecule has 0 radical (unpaired) electrons. The first-order chi connectivity index (χ1) is 7.67. The Balaban J connectivity index is 2.49. The molecular formula is C11H15NO4. The van der Waals surface area contributed by atoms with Crippen molar-refractivity contribution >= 4 is 5.91 Å². The highest BCUT2D eigenvalue weighted by Gasteiger charge is 2.09. The number of ether oxygens (including phenoxy) is 2. The fraction of sp³-hybridized carbons (Fsp3) is 0.364. The van der Waals surface area contributed by atoms with Gasteiger partial charge in [-0.3, -0.25) is 4.79 Å². The van der Waals surface area contributed by atoms with Crippen LogP contribution in [0.15, 0.2) is 24.3 Å². The van der Waals surface area contributed by atoms with Crippen LogP contribution >= 0.6 is 0 Å². The Morgan fingerprint density at radius 1 is 1.31 bits per heavy atom. The molecule has 0 heterocycles. The Hall–Kier alpha value is -1.59.